The third kappa shape index (κ3) is 49.2. The Morgan fingerprint density at radius 2 is 0.853 bits per heavy atom. The Hall–Kier alpha value is -1.77. The second-order valence-electron chi connectivity index (χ2n) is 20.8. The molecular weight excluding hydrogens is 868 g/mol. The fraction of sp³-hybridized carbons (Fsp3) is 0.862. The van der Waals surface area contributed by atoms with Crippen LogP contribution in [0.4, 0.5) is 0 Å². The van der Waals surface area contributed by atoms with E-state index in [-0.39, 0.29) is 24.9 Å². The van der Waals surface area contributed by atoms with Crippen LogP contribution in [0.15, 0.2) is 36.5 Å². The maximum absolute atomic E-state index is 13.5. The number of likely N-dealkylation sites (N-methyl/N-ethyl adjacent to an activating group) is 1. The Labute approximate surface area is 421 Å². The van der Waals surface area contributed by atoms with Gasteiger partial charge in [-0.1, -0.05) is 212 Å². The molecule has 68 heavy (non-hydrogen) atoms. The van der Waals surface area contributed by atoms with E-state index in [0.29, 0.717) is 23.9 Å². The van der Waals surface area contributed by atoms with E-state index >= 15 is 0 Å². The number of quaternary nitrogens is 1. The van der Waals surface area contributed by atoms with Crippen molar-refractivity contribution in [2.75, 3.05) is 40.9 Å². The molecule has 0 aliphatic rings. The summed E-state index contributed by atoms with van der Waals surface area (Å²) < 4.78 is 30.2. The normalized spacial score (nSPS) is 14.0. The van der Waals surface area contributed by atoms with Gasteiger partial charge in [-0.25, -0.2) is 0 Å². The first kappa shape index (κ1) is 66.2. The zero-order valence-corrected chi connectivity index (χ0v) is 46.5. The number of hydrogen-bond donors (Lipinski definition) is 1. The lowest BCUT2D eigenvalue weighted by Crippen LogP contribution is -2.47. The van der Waals surface area contributed by atoms with Gasteiger partial charge >= 0.3 is 5.97 Å². The number of nitrogens with one attached hydrogen (secondary N) is 1. The van der Waals surface area contributed by atoms with Crippen molar-refractivity contribution in [3.05, 3.63) is 36.5 Å². The number of ether oxygens (including phenoxy) is 1. The summed E-state index contributed by atoms with van der Waals surface area (Å²) in [4.78, 5) is 39.8. The third-order valence-electron chi connectivity index (χ3n) is 12.8. The van der Waals surface area contributed by atoms with Crippen LogP contribution in [0.3, 0.4) is 0 Å². The number of nitrogens with zero attached hydrogens (tertiary/aromatic N) is 1. The monoisotopic (exact) mass is 979 g/mol. The number of allylic oxidation sites excluding steroid dienone is 5. The molecule has 10 heteroatoms. The number of phosphoric acid groups is 1. The molecule has 0 fully saturated rings. The maximum atomic E-state index is 13.5. The minimum absolute atomic E-state index is 0.0241. The van der Waals surface area contributed by atoms with E-state index in [2.05, 4.69) is 50.4 Å². The van der Waals surface area contributed by atoms with Crippen LogP contribution in [0.2, 0.25) is 0 Å². The molecule has 0 radical (unpaired) electrons. The van der Waals surface area contributed by atoms with Gasteiger partial charge in [0.05, 0.1) is 33.8 Å². The maximum Gasteiger partial charge on any atom is 0.306 e. The van der Waals surface area contributed by atoms with Crippen LogP contribution < -0.4 is 10.2 Å². The average molecular weight is 980 g/mol. The van der Waals surface area contributed by atoms with Crippen LogP contribution >= 0.6 is 7.82 Å². The van der Waals surface area contributed by atoms with Crippen LogP contribution in [-0.2, 0) is 27.9 Å². The highest BCUT2D eigenvalue weighted by Gasteiger charge is 2.27. The van der Waals surface area contributed by atoms with Crippen molar-refractivity contribution in [2.24, 2.45) is 0 Å². The summed E-state index contributed by atoms with van der Waals surface area (Å²) >= 11 is 0. The lowest BCUT2D eigenvalue weighted by molar-refractivity contribution is -0.870. The van der Waals surface area contributed by atoms with Crippen molar-refractivity contribution < 1.29 is 37.3 Å². The number of carbonyl (C=O) groups excluding carboxylic acids is 2. The molecule has 0 aliphatic carbocycles. The van der Waals surface area contributed by atoms with Gasteiger partial charge < -0.3 is 28.5 Å². The van der Waals surface area contributed by atoms with E-state index < -0.39 is 26.6 Å². The summed E-state index contributed by atoms with van der Waals surface area (Å²) in [6.07, 6.45) is 56.7. The molecule has 0 heterocycles. The summed E-state index contributed by atoms with van der Waals surface area (Å²) in [5, 5.41) is 3.02. The van der Waals surface area contributed by atoms with Gasteiger partial charge in [-0.3, -0.25) is 14.2 Å². The third-order valence-corrected chi connectivity index (χ3v) is 13.8. The number of rotatable bonds is 52. The molecule has 3 unspecified atom stereocenters. The molecule has 0 aliphatic heterocycles. The van der Waals surface area contributed by atoms with Gasteiger partial charge in [-0.2, -0.15) is 0 Å². The van der Waals surface area contributed by atoms with Crippen molar-refractivity contribution in [3.63, 3.8) is 0 Å². The summed E-state index contributed by atoms with van der Waals surface area (Å²) in [5.74, 6) is -0.558. The van der Waals surface area contributed by atoms with Crippen molar-refractivity contribution in [2.45, 2.75) is 283 Å². The van der Waals surface area contributed by atoms with Gasteiger partial charge in [-0.05, 0) is 83.1 Å². The zero-order chi connectivity index (χ0) is 50.1. The minimum atomic E-state index is -4.69. The van der Waals surface area contributed by atoms with E-state index in [1.807, 2.05) is 33.3 Å². The molecule has 0 saturated heterocycles. The largest absolute Gasteiger partial charge is 0.756 e. The average Bonchev–Trinajstić information content (AvgIpc) is 3.29. The van der Waals surface area contributed by atoms with E-state index in [1.54, 1.807) is 0 Å². The van der Waals surface area contributed by atoms with Crippen molar-refractivity contribution >= 4 is 19.7 Å². The second kappa shape index (κ2) is 48.8. The van der Waals surface area contributed by atoms with Gasteiger partial charge in [-0.15, -0.1) is 0 Å². The fourth-order valence-corrected chi connectivity index (χ4v) is 9.00. The first-order chi connectivity index (χ1) is 32.9. The van der Waals surface area contributed by atoms with Crippen molar-refractivity contribution in [1.29, 1.82) is 0 Å². The molecule has 0 aromatic rings. The highest BCUT2D eigenvalue weighted by Crippen LogP contribution is 2.38. The highest BCUT2D eigenvalue weighted by molar-refractivity contribution is 7.45. The van der Waals surface area contributed by atoms with Gasteiger partial charge in [0.1, 0.15) is 19.3 Å². The smallest absolute Gasteiger partial charge is 0.306 e. The van der Waals surface area contributed by atoms with Crippen LogP contribution in [0.25, 0.3) is 0 Å². The van der Waals surface area contributed by atoms with Gasteiger partial charge in [0, 0.05) is 12.8 Å². The van der Waals surface area contributed by atoms with Crippen molar-refractivity contribution in [1.82, 2.24) is 5.32 Å². The summed E-state index contributed by atoms with van der Waals surface area (Å²) in [7, 11) is 1.18. The van der Waals surface area contributed by atoms with Gasteiger partial charge in [0.2, 0.25) is 5.91 Å². The Morgan fingerprint density at radius 3 is 1.26 bits per heavy atom. The number of carbonyl (C=O) groups is 2. The molecule has 9 nitrogen and oxygen atoms in total. The Morgan fingerprint density at radius 1 is 0.500 bits per heavy atom. The molecule has 0 saturated carbocycles. The van der Waals surface area contributed by atoms with Crippen molar-refractivity contribution in [3.8, 4) is 0 Å². The summed E-state index contributed by atoms with van der Waals surface area (Å²) in [5.41, 5.74) is 0. The molecular formula is C58H111N2O7P. The van der Waals surface area contributed by atoms with Gasteiger partial charge in [0.25, 0.3) is 7.82 Å². The Kier molecular flexibility index (Phi) is 47.6. The molecule has 1 amide bonds. The van der Waals surface area contributed by atoms with E-state index in [9.17, 15) is 19.0 Å². The topological polar surface area (TPSA) is 114 Å². The highest BCUT2D eigenvalue weighted by atomic mass is 31.2. The number of phosphoric ester groups is 1. The second-order valence-corrected chi connectivity index (χ2v) is 22.2. The standard InChI is InChI=1S/C58H111N2O7P/c1-7-10-13-16-19-22-25-28-29-30-31-33-35-38-41-44-47-50-57(61)59-55(54-66-68(63,64)65-53-52-60(4,5)6)56(49-46-43-40-37-34-27-24-21-18-15-12-9-3)67-58(62)51-48-45-42-39-36-32-26-23-20-17-14-11-8-2/h28-29,32,36,46,49,55-56H,7-27,30-31,33-35,37-45,47-48,50-54H2,1-6H3,(H-,59,61,63,64)/b29-28+,36-32-,49-46-. The van der Waals surface area contributed by atoms with Crippen LogP contribution in [0, 0.1) is 0 Å². The molecule has 0 spiro atoms. The Balaban J connectivity index is 5.35. The lowest BCUT2D eigenvalue weighted by Gasteiger charge is -2.30. The number of unbranched alkanes of at least 4 members (excludes halogenated alkanes) is 32. The summed E-state index contributed by atoms with van der Waals surface area (Å²) in [6.45, 7) is 6.83. The molecule has 0 rings (SSSR count). The minimum Gasteiger partial charge on any atom is -0.756 e. The molecule has 1 N–H and O–H groups in total. The lowest BCUT2D eigenvalue weighted by atomic mass is 10.0. The number of hydrogen-bond acceptors (Lipinski definition) is 7. The van der Waals surface area contributed by atoms with Crippen LogP contribution in [0.1, 0.15) is 271 Å². The van der Waals surface area contributed by atoms with Crippen LogP contribution in [0.5, 0.6) is 0 Å². The Bertz CT molecular complexity index is 1270. The predicted octanol–water partition coefficient (Wildman–Crippen LogP) is 16.5. The molecule has 3 atom stereocenters. The predicted molar refractivity (Wildman–Crippen MR) is 289 cm³/mol. The number of amides is 1. The first-order valence-corrected chi connectivity index (χ1v) is 30.3. The van der Waals surface area contributed by atoms with Gasteiger partial charge in [0.15, 0.2) is 0 Å². The van der Waals surface area contributed by atoms with Crippen LogP contribution in [-0.4, -0.2) is 69.4 Å². The SMILES string of the molecule is CCCCCCCC/C=C\CCCCCC(=O)OC(/C=C\CCCCCCCCCCCC)C(COP(=O)([O-])OCC[N+](C)(C)C)NC(=O)CCCCCCCCC/C=C/CCCCCCCC. The summed E-state index contributed by atoms with van der Waals surface area (Å²) in [6, 6.07) is -0.892. The molecule has 0 bridgehead atoms. The quantitative estimate of drug-likeness (QED) is 0.0212. The van der Waals surface area contributed by atoms with E-state index in [1.165, 1.54) is 154 Å². The van der Waals surface area contributed by atoms with E-state index in [0.717, 1.165) is 77.0 Å². The molecule has 0 aromatic heterocycles. The first-order valence-electron chi connectivity index (χ1n) is 28.8. The fourth-order valence-electron chi connectivity index (χ4n) is 8.28. The molecule has 400 valence electrons. The molecule has 0 aromatic carbocycles. The number of esters is 1. The van der Waals surface area contributed by atoms with E-state index in [4.69, 9.17) is 13.8 Å². The zero-order valence-electron chi connectivity index (χ0n) is 45.6.